The molecule has 2 nitrogen and oxygen atoms in total. The largest absolute Gasteiger partial charge is 0.331 e. The van der Waals surface area contributed by atoms with E-state index in [9.17, 15) is 0 Å². The molecule has 0 aromatic carbocycles. The molecule has 0 bridgehead atoms. The normalized spacial score (nSPS) is 30.1. The molecule has 88 valence electrons. The molecular formula is C13H20N2S. The highest BCUT2D eigenvalue weighted by Crippen LogP contribution is 2.39. The fourth-order valence-corrected chi connectivity index (χ4v) is 4.27. The van der Waals surface area contributed by atoms with Crippen molar-refractivity contribution in [2.75, 3.05) is 5.75 Å². The number of hydrogen-bond acceptors (Lipinski definition) is 2. The number of fused-ring (bicyclic) bond motifs is 1. The first kappa shape index (κ1) is 10.7. The van der Waals surface area contributed by atoms with Gasteiger partial charge in [0, 0.05) is 18.4 Å². The Morgan fingerprint density at radius 1 is 1.31 bits per heavy atom. The van der Waals surface area contributed by atoms with Crippen LogP contribution < -0.4 is 0 Å². The topological polar surface area (TPSA) is 17.8 Å². The summed E-state index contributed by atoms with van der Waals surface area (Å²) in [6.45, 7) is 3.54. The molecule has 0 saturated carbocycles. The van der Waals surface area contributed by atoms with Crippen molar-refractivity contribution in [2.24, 2.45) is 0 Å². The summed E-state index contributed by atoms with van der Waals surface area (Å²) in [5.41, 5.74) is 1.48. The Bertz CT molecular complexity index is 366. The van der Waals surface area contributed by atoms with E-state index in [-0.39, 0.29) is 0 Å². The molecule has 1 saturated heterocycles. The molecule has 3 heterocycles. The lowest BCUT2D eigenvalue weighted by Crippen LogP contribution is -2.17. The average molecular weight is 236 g/mol. The van der Waals surface area contributed by atoms with Crippen molar-refractivity contribution in [2.45, 2.75) is 56.7 Å². The Kier molecular flexibility index (Phi) is 2.97. The van der Waals surface area contributed by atoms with Crippen molar-refractivity contribution in [3.8, 4) is 0 Å². The molecule has 0 aliphatic carbocycles. The maximum absolute atomic E-state index is 4.71. The summed E-state index contributed by atoms with van der Waals surface area (Å²) in [4.78, 5) is 4.71. The Morgan fingerprint density at radius 3 is 3.06 bits per heavy atom. The first-order valence-corrected chi connectivity index (χ1v) is 7.58. The van der Waals surface area contributed by atoms with Gasteiger partial charge in [-0.1, -0.05) is 13.3 Å². The zero-order valence-corrected chi connectivity index (χ0v) is 10.8. The number of aromatic nitrogens is 2. The summed E-state index contributed by atoms with van der Waals surface area (Å²) < 4.78 is 2.51. The molecule has 16 heavy (non-hydrogen) atoms. The third-order valence-electron chi connectivity index (χ3n) is 3.91. The zero-order valence-electron chi connectivity index (χ0n) is 9.98. The van der Waals surface area contributed by atoms with Crippen LogP contribution in [0.4, 0.5) is 0 Å². The van der Waals surface area contributed by atoms with Crippen LogP contribution in [0.1, 0.15) is 61.7 Å². The van der Waals surface area contributed by atoms with Crippen molar-refractivity contribution < 1.29 is 0 Å². The Morgan fingerprint density at radius 2 is 2.25 bits per heavy atom. The minimum atomic E-state index is 0.674. The second-order valence-electron chi connectivity index (χ2n) is 5.09. The summed E-state index contributed by atoms with van der Waals surface area (Å²) >= 11 is 2.11. The van der Waals surface area contributed by atoms with Gasteiger partial charge in [0.15, 0.2) is 0 Å². The summed E-state index contributed by atoms with van der Waals surface area (Å²) in [5.74, 6) is 3.40. The number of nitrogens with zero attached hydrogens (tertiary/aromatic N) is 2. The van der Waals surface area contributed by atoms with Crippen LogP contribution in [-0.2, 0) is 6.54 Å². The zero-order chi connectivity index (χ0) is 11.0. The lowest BCUT2D eigenvalue weighted by molar-refractivity contribution is 0.458. The molecule has 3 heteroatoms. The predicted octanol–water partition coefficient (Wildman–Crippen LogP) is 3.74. The SMILES string of the molecule is CC1CCCn2c1cnc2C1CCCCS1. The quantitative estimate of drug-likeness (QED) is 0.739. The summed E-state index contributed by atoms with van der Waals surface area (Å²) in [5, 5.41) is 0.674. The van der Waals surface area contributed by atoms with Crippen LogP contribution in [0.3, 0.4) is 0 Å². The van der Waals surface area contributed by atoms with Crippen LogP contribution in [-0.4, -0.2) is 15.3 Å². The van der Waals surface area contributed by atoms with Crippen LogP contribution >= 0.6 is 11.8 Å². The van der Waals surface area contributed by atoms with E-state index in [0.717, 1.165) is 0 Å². The molecular weight excluding hydrogens is 216 g/mol. The van der Waals surface area contributed by atoms with E-state index in [2.05, 4.69) is 29.4 Å². The lowest BCUT2D eigenvalue weighted by Gasteiger charge is -2.26. The van der Waals surface area contributed by atoms with Gasteiger partial charge in [0.25, 0.3) is 0 Å². The second kappa shape index (κ2) is 4.44. The summed E-state index contributed by atoms with van der Waals surface area (Å²) in [6, 6.07) is 0. The van der Waals surface area contributed by atoms with Crippen LogP contribution in [0.2, 0.25) is 0 Å². The number of imidazole rings is 1. The van der Waals surface area contributed by atoms with E-state index in [4.69, 9.17) is 4.98 Å². The summed E-state index contributed by atoms with van der Waals surface area (Å²) in [6.07, 6.45) is 8.90. The average Bonchev–Trinajstić information content (AvgIpc) is 2.75. The molecule has 0 amide bonds. The molecule has 2 unspecified atom stereocenters. The molecule has 0 N–H and O–H groups in total. The van der Waals surface area contributed by atoms with Crippen LogP contribution in [0.25, 0.3) is 0 Å². The second-order valence-corrected chi connectivity index (χ2v) is 6.40. The van der Waals surface area contributed by atoms with Crippen molar-refractivity contribution in [3.05, 3.63) is 17.7 Å². The molecule has 0 spiro atoms. The number of rotatable bonds is 1. The highest BCUT2D eigenvalue weighted by Gasteiger charge is 2.25. The fraction of sp³-hybridized carbons (Fsp3) is 0.769. The molecule has 2 aliphatic heterocycles. The molecule has 1 fully saturated rings. The first-order chi connectivity index (χ1) is 7.86. The van der Waals surface area contributed by atoms with E-state index in [0.29, 0.717) is 11.2 Å². The van der Waals surface area contributed by atoms with Crippen LogP contribution in [0.15, 0.2) is 6.20 Å². The molecule has 2 atom stereocenters. The van der Waals surface area contributed by atoms with Gasteiger partial charge in [0.1, 0.15) is 5.82 Å². The minimum absolute atomic E-state index is 0.674. The Balaban J connectivity index is 1.89. The smallest absolute Gasteiger partial charge is 0.122 e. The molecule has 1 aromatic rings. The van der Waals surface area contributed by atoms with E-state index in [1.54, 1.807) is 0 Å². The maximum atomic E-state index is 4.71. The Labute approximate surface area is 102 Å². The highest BCUT2D eigenvalue weighted by molar-refractivity contribution is 7.99. The lowest BCUT2D eigenvalue weighted by atomic mass is 9.98. The van der Waals surface area contributed by atoms with Crippen molar-refractivity contribution in [3.63, 3.8) is 0 Å². The molecule has 3 rings (SSSR count). The third-order valence-corrected chi connectivity index (χ3v) is 5.28. The minimum Gasteiger partial charge on any atom is -0.331 e. The predicted molar refractivity (Wildman–Crippen MR) is 68.9 cm³/mol. The van der Waals surface area contributed by atoms with E-state index in [1.165, 1.54) is 55.9 Å². The maximum Gasteiger partial charge on any atom is 0.122 e. The fourth-order valence-electron chi connectivity index (χ4n) is 2.95. The van der Waals surface area contributed by atoms with Gasteiger partial charge < -0.3 is 4.57 Å². The molecule has 1 aromatic heterocycles. The highest BCUT2D eigenvalue weighted by atomic mass is 32.2. The van der Waals surface area contributed by atoms with Crippen LogP contribution in [0, 0.1) is 0 Å². The monoisotopic (exact) mass is 236 g/mol. The van der Waals surface area contributed by atoms with Gasteiger partial charge in [-0.2, -0.15) is 11.8 Å². The third kappa shape index (κ3) is 1.79. The van der Waals surface area contributed by atoms with Crippen molar-refractivity contribution in [1.82, 2.24) is 9.55 Å². The van der Waals surface area contributed by atoms with Gasteiger partial charge in [-0.25, -0.2) is 4.98 Å². The van der Waals surface area contributed by atoms with Gasteiger partial charge >= 0.3 is 0 Å². The molecule has 2 aliphatic rings. The molecule has 0 radical (unpaired) electrons. The first-order valence-electron chi connectivity index (χ1n) is 6.53. The Hall–Kier alpha value is -0.440. The van der Waals surface area contributed by atoms with Crippen LogP contribution in [0.5, 0.6) is 0 Å². The summed E-state index contributed by atoms with van der Waals surface area (Å²) in [7, 11) is 0. The van der Waals surface area contributed by atoms with E-state index in [1.807, 2.05) is 0 Å². The van der Waals surface area contributed by atoms with Gasteiger partial charge in [0.05, 0.1) is 5.25 Å². The standard InChI is InChI=1S/C13H20N2S/c1-10-5-4-7-15-11(10)9-14-13(15)12-6-2-3-8-16-12/h9-10,12H,2-8H2,1H3. The van der Waals surface area contributed by atoms with Crippen molar-refractivity contribution in [1.29, 1.82) is 0 Å². The van der Waals surface area contributed by atoms with Gasteiger partial charge in [-0.15, -0.1) is 0 Å². The van der Waals surface area contributed by atoms with E-state index >= 15 is 0 Å². The van der Waals surface area contributed by atoms with Gasteiger partial charge in [0.2, 0.25) is 0 Å². The van der Waals surface area contributed by atoms with Crippen molar-refractivity contribution >= 4 is 11.8 Å². The number of hydrogen-bond donors (Lipinski definition) is 0. The van der Waals surface area contributed by atoms with Gasteiger partial charge in [-0.3, -0.25) is 0 Å². The van der Waals surface area contributed by atoms with E-state index < -0.39 is 0 Å². The van der Waals surface area contributed by atoms with Gasteiger partial charge in [-0.05, 0) is 37.4 Å². The number of thioether (sulfide) groups is 1.